The van der Waals surface area contributed by atoms with Crippen LogP contribution in [0.15, 0.2) is 199 Å². The highest BCUT2D eigenvalue weighted by molar-refractivity contribution is 7.79. The van der Waals surface area contributed by atoms with Crippen LogP contribution >= 0.6 is 12.8 Å². The lowest BCUT2D eigenvalue weighted by atomic mass is 9.87. The molecule has 5 nitrogen and oxygen atoms in total. The van der Waals surface area contributed by atoms with Gasteiger partial charge in [0.05, 0.1) is 28.3 Å². The normalized spacial score (nSPS) is 12.8. The highest BCUT2D eigenvalue weighted by Crippen LogP contribution is 2.38. The molecule has 0 fully saturated rings. The summed E-state index contributed by atoms with van der Waals surface area (Å²) in [6.45, 7) is 0. The number of fused-ring (bicyclic) bond motifs is 3. The van der Waals surface area contributed by atoms with Crippen LogP contribution in [-0.2, 0) is 0 Å². The molecule has 7 aromatic carbocycles. The van der Waals surface area contributed by atoms with E-state index in [2.05, 4.69) is 157 Å². The molecule has 0 unspecified atom stereocenters. The van der Waals surface area contributed by atoms with Crippen molar-refractivity contribution >= 4 is 41.2 Å². The molecule has 0 aliphatic heterocycles. The zero-order valence-corrected chi connectivity index (χ0v) is 32.7. The molecule has 0 radical (unpaired) electrons. The van der Waals surface area contributed by atoms with Gasteiger partial charge in [-0.05, 0) is 94.7 Å². The van der Waals surface area contributed by atoms with Gasteiger partial charge in [-0.1, -0.05) is 152 Å². The largest absolute Gasteiger partial charge is 0.299 e. The highest BCUT2D eigenvalue weighted by atomic mass is 32.1. The Morgan fingerprint density at radius 3 is 1.54 bits per heavy atom. The number of thiol groups is 1. The third-order valence-electron chi connectivity index (χ3n) is 10.8. The molecule has 6 heteroatoms. The summed E-state index contributed by atoms with van der Waals surface area (Å²) in [7, 11) is 0. The molecule has 2 heterocycles. The molecule has 9 aromatic rings. The van der Waals surface area contributed by atoms with Crippen molar-refractivity contribution in [2.24, 2.45) is 4.40 Å². The summed E-state index contributed by atoms with van der Waals surface area (Å²) in [5.41, 5.74) is 16.4. The molecule has 0 saturated carbocycles. The molecule has 1 aliphatic carbocycles. The van der Waals surface area contributed by atoms with E-state index in [0.717, 1.165) is 94.7 Å². The maximum absolute atomic E-state index is 8.65. The van der Waals surface area contributed by atoms with Gasteiger partial charge in [0.2, 0.25) is 0 Å². The molecule has 0 bridgehead atoms. The van der Waals surface area contributed by atoms with Crippen molar-refractivity contribution in [1.29, 1.82) is 5.41 Å². The van der Waals surface area contributed by atoms with E-state index >= 15 is 0 Å². The van der Waals surface area contributed by atoms with E-state index < -0.39 is 0 Å². The lowest BCUT2D eigenvalue weighted by Gasteiger charge is -2.20. The second kappa shape index (κ2) is 15.4. The Hall–Kier alpha value is -7.54. The van der Waals surface area contributed by atoms with Crippen molar-refractivity contribution < 1.29 is 0 Å². The summed E-state index contributed by atoms with van der Waals surface area (Å²) in [5, 5.41) is 9.57. The van der Waals surface area contributed by atoms with Crippen molar-refractivity contribution in [3.05, 3.63) is 205 Å². The van der Waals surface area contributed by atoms with E-state index in [4.69, 9.17) is 20.4 Å². The molecule has 1 aliphatic rings. The van der Waals surface area contributed by atoms with Gasteiger partial charge in [0.15, 0.2) is 5.82 Å². The Morgan fingerprint density at radius 1 is 0.407 bits per heavy atom. The Bertz CT molecular complexity index is 3050. The SMILES string of the molecule is N=C1C=Cc2c(-c3ccccc3)nc3cc(-c4cccc(-c5cc(-c6cc(-c7ccccc7)cc(-c7ccccc7)c6)nc(-c6ccccc6)n5)c4)ccc3c2/C1=N/S. The van der Waals surface area contributed by atoms with Crippen LogP contribution in [0.5, 0.6) is 0 Å². The van der Waals surface area contributed by atoms with Gasteiger partial charge in [-0.3, -0.25) is 5.41 Å². The molecular weight excluding hydrogens is 739 g/mol. The fourth-order valence-electron chi connectivity index (χ4n) is 7.86. The van der Waals surface area contributed by atoms with E-state index in [9.17, 15) is 0 Å². The molecular formula is C53H35N5S. The van der Waals surface area contributed by atoms with Crippen molar-refractivity contribution in [2.45, 2.75) is 0 Å². The number of rotatable bonds is 7. The number of pyridine rings is 1. The minimum atomic E-state index is 0.318. The van der Waals surface area contributed by atoms with Gasteiger partial charge in [-0.25, -0.2) is 19.3 Å². The Labute approximate surface area is 348 Å². The monoisotopic (exact) mass is 773 g/mol. The van der Waals surface area contributed by atoms with Crippen LogP contribution in [-0.4, -0.2) is 26.4 Å². The number of hydrogen-bond donors (Lipinski definition) is 2. The highest BCUT2D eigenvalue weighted by Gasteiger charge is 2.24. The average Bonchev–Trinajstić information content (AvgIpc) is 3.32. The van der Waals surface area contributed by atoms with Gasteiger partial charge < -0.3 is 0 Å². The van der Waals surface area contributed by atoms with Crippen molar-refractivity contribution in [1.82, 2.24) is 15.0 Å². The van der Waals surface area contributed by atoms with E-state index in [-0.39, 0.29) is 0 Å². The van der Waals surface area contributed by atoms with Gasteiger partial charge in [0, 0.05) is 38.8 Å². The third kappa shape index (κ3) is 6.96. The summed E-state index contributed by atoms with van der Waals surface area (Å²) >= 11 is 4.30. The van der Waals surface area contributed by atoms with Crippen molar-refractivity contribution in [3.8, 4) is 78.5 Å². The van der Waals surface area contributed by atoms with E-state index in [1.165, 1.54) is 0 Å². The smallest absolute Gasteiger partial charge is 0.160 e. The molecule has 0 spiro atoms. The average molecular weight is 774 g/mol. The van der Waals surface area contributed by atoms with Crippen LogP contribution in [0.1, 0.15) is 11.1 Å². The van der Waals surface area contributed by atoms with Gasteiger partial charge in [-0.2, -0.15) is 0 Å². The fourth-order valence-corrected chi connectivity index (χ4v) is 8.07. The van der Waals surface area contributed by atoms with Crippen LogP contribution in [0, 0.1) is 5.41 Å². The number of nitrogens with zero attached hydrogens (tertiary/aromatic N) is 4. The minimum Gasteiger partial charge on any atom is -0.299 e. The molecule has 0 amide bonds. The summed E-state index contributed by atoms with van der Waals surface area (Å²) in [5.74, 6) is 0.657. The topological polar surface area (TPSA) is 74.9 Å². The molecule has 0 atom stereocenters. The first-order chi connectivity index (χ1) is 29.1. The van der Waals surface area contributed by atoms with Gasteiger partial charge >= 0.3 is 0 Å². The van der Waals surface area contributed by atoms with Crippen LogP contribution < -0.4 is 0 Å². The molecule has 0 saturated heterocycles. The summed E-state index contributed by atoms with van der Waals surface area (Å²) < 4.78 is 4.27. The first-order valence-corrected chi connectivity index (χ1v) is 19.8. The maximum atomic E-state index is 8.65. The Morgan fingerprint density at radius 2 is 0.915 bits per heavy atom. The number of allylic oxidation sites excluding steroid dienone is 1. The lowest BCUT2D eigenvalue weighted by Crippen LogP contribution is -2.18. The summed E-state index contributed by atoms with van der Waals surface area (Å²) in [6.07, 6.45) is 3.73. The first kappa shape index (κ1) is 35.8. The molecule has 10 rings (SSSR count). The minimum absolute atomic E-state index is 0.318. The zero-order valence-electron chi connectivity index (χ0n) is 31.8. The van der Waals surface area contributed by atoms with Crippen LogP contribution in [0.2, 0.25) is 0 Å². The Balaban J connectivity index is 1.12. The molecule has 59 heavy (non-hydrogen) atoms. The van der Waals surface area contributed by atoms with Gasteiger partial charge in [0.25, 0.3) is 0 Å². The second-order valence-corrected chi connectivity index (χ2v) is 14.7. The predicted molar refractivity (Wildman–Crippen MR) is 248 cm³/mol. The van der Waals surface area contributed by atoms with Crippen LogP contribution in [0.25, 0.3) is 95.5 Å². The van der Waals surface area contributed by atoms with Gasteiger partial charge in [-0.15, -0.1) is 0 Å². The maximum Gasteiger partial charge on any atom is 0.160 e. The predicted octanol–water partition coefficient (Wildman–Crippen LogP) is 13.4. The van der Waals surface area contributed by atoms with E-state index in [1.54, 1.807) is 6.08 Å². The van der Waals surface area contributed by atoms with Crippen LogP contribution in [0.4, 0.5) is 0 Å². The summed E-state index contributed by atoms with van der Waals surface area (Å²) in [4.78, 5) is 15.7. The fraction of sp³-hybridized carbons (Fsp3) is 0. The second-order valence-electron chi connectivity index (χ2n) is 14.5. The number of hydrogen-bond acceptors (Lipinski definition) is 6. The molecule has 1 N–H and O–H groups in total. The number of benzene rings is 7. The number of nitrogens with one attached hydrogen (secondary N) is 1. The van der Waals surface area contributed by atoms with Crippen molar-refractivity contribution in [2.75, 3.05) is 0 Å². The Kier molecular flexibility index (Phi) is 9.37. The van der Waals surface area contributed by atoms with E-state index in [1.807, 2.05) is 54.6 Å². The standard InChI is InChI=1S/C53H35N5S/c54-46-27-26-45-50(52(46)58-59)44-25-24-39(32-49(44)55-51(45)36-18-9-3-10-19-36)38-22-13-23-40(28-38)47-33-48(57-53(56-47)37-20-11-4-12-21-37)43-30-41(34-14-5-1-6-15-34)29-42(31-43)35-16-7-2-8-17-35/h1-33,54,59H/b54-46?,58-52+. The van der Waals surface area contributed by atoms with E-state index in [0.29, 0.717) is 17.2 Å². The quantitative estimate of drug-likeness (QED) is 0.158. The summed E-state index contributed by atoms with van der Waals surface area (Å²) in [6, 6.07) is 64.9. The van der Waals surface area contributed by atoms with Crippen LogP contribution in [0.3, 0.4) is 0 Å². The number of aromatic nitrogens is 3. The first-order valence-electron chi connectivity index (χ1n) is 19.4. The third-order valence-corrected chi connectivity index (χ3v) is 11.0. The lowest BCUT2D eigenvalue weighted by molar-refractivity contribution is 1.18. The molecule has 2 aromatic heterocycles. The zero-order chi connectivity index (χ0) is 39.7. The van der Waals surface area contributed by atoms with Crippen molar-refractivity contribution in [3.63, 3.8) is 0 Å². The molecule has 278 valence electrons. The van der Waals surface area contributed by atoms with Gasteiger partial charge in [0.1, 0.15) is 5.71 Å².